The maximum absolute atomic E-state index is 11.4. The lowest BCUT2D eigenvalue weighted by Gasteiger charge is -2.16. The van der Waals surface area contributed by atoms with Gasteiger partial charge < -0.3 is 15.5 Å². The third-order valence-corrected chi connectivity index (χ3v) is 3.93. The molecular weight excluding hydrogens is 272 g/mol. The molecule has 6 heteroatoms. The molecule has 0 radical (unpaired) electrons. The molecule has 0 saturated heterocycles. The molecule has 0 saturated carbocycles. The van der Waals surface area contributed by atoms with E-state index in [1.807, 2.05) is 12.3 Å². The number of nitrogens with zero attached hydrogens (tertiary/aromatic N) is 2. The highest BCUT2D eigenvalue weighted by atomic mass is 32.1. The van der Waals surface area contributed by atoms with Crippen LogP contribution in [-0.4, -0.2) is 43.1 Å². The molecule has 2 aromatic rings. The van der Waals surface area contributed by atoms with E-state index in [2.05, 4.69) is 34.0 Å². The predicted octanol–water partition coefficient (Wildman–Crippen LogP) is 2.22. The molecular formula is C14H20N4OS. The number of hydrogen-bond acceptors (Lipinski definition) is 4. The molecule has 0 bridgehead atoms. The number of pyridine rings is 1. The van der Waals surface area contributed by atoms with Gasteiger partial charge in [-0.1, -0.05) is 0 Å². The molecule has 0 fully saturated rings. The van der Waals surface area contributed by atoms with Crippen molar-refractivity contribution in [2.75, 3.05) is 27.2 Å². The maximum Gasteiger partial charge on any atom is 0.316 e. The first kappa shape index (κ1) is 14.7. The van der Waals surface area contributed by atoms with Crippen LogP contribution in [0.25, 0.3) is 10.2 Å². The second kappa shape index (κ2) is 6.67. The molecule has 0 aliphatic heterocycles. The van der Waals surface area contributed by atoms with Crippen molar-refractivity contribution in [1.82, 2.24) is 20.5 Å². The molecule has 5 nitrogen and oxygen atoms in total. The highest BCUT2D eigenvalue weighted by Crippen LogP contribution is 2.22. The van der Waals surface area contributed by atoms with Crippen LogP contribution in [0.1, 0.15) is 18.5 Å². The Bertz CT molecular complexity index is 581. The SMILES string of the molecule is CC(NCCNC(=O)N(C)C)c1cnc2ccsc2c1. The summed E-state index contributed by atoms with van der Waals surface area (Å²) >= 11 is 1.70. The molecule has 0 aliphatic carbocycles. The second-order valence-electron chi connectivity index (χ2n) is 4.87. The van der Waals surface area contributed by atoms with Crippen molar-refractivity contribution in [3.05, 3.63) is 29.3 Å². The lowest BCUT2D eigenvalue weighted by Crippen LogP contribution is -2.38. The van der Waals surface area contributed by atoms with Crippen molar-refractivity contribution < 1.29 is 4.79 Å². The van der Waals surface area contributed by atoms with Gasteiger partial charge in [0.05, 0.1) is 10.2 Å². The van der Waals surface area contributed by atoms with E-state index in [1.165, 1.54) is 15.2 Å². The normalized spacial score (nSPS) is 12.3. The fraction of sp³-hybridized carbons (Fsp3) is 0.429. The van der Waals surface area contributed by atoms with Crippen LogP contribution in [0.4, 0.5) is 4.79 Å². The molecule has 0 spiro atoms. The number of amides is 2. The third kappa shape index (κ3) is 3.68. The molecule has 0 aliphatic rings. The molecule has 2 amide bonds. The highest BCUT2D eigenvalue weighted by molar-refractivity contribution is 7.17. The Labute approximate surface area is 123 Å². The Morgan fingerprint density at radius 3 is 3.00 bits per heavy atom. The van der Waals surface area contributed by atoms with Crippen molar-refractivity contribution in [2.24, 2.45) is 0 Å². The fourth-order valence-electron chi connectivity index (χ4n) is 1.83. The highest BCUT2D eigenvalue weighted by Gasteiger charge is 2.07. The molecule has 108 valence electrons. The number of aromatic nitrogens is 1. The minimum absolute atomic E-state index is 0.0684. The van der Waals surface area contributed by atoms with Crippen LogP contribution >= 0.6 is 11.3 Å². The lowest BCUT2D eigenvalue weighted by atomic mass is 10.1. The molecule has 1 unspecified atom stereocenters. The zero-order valence-electron chi connectivity index (χ0n) is 12.0. The van der Waals surface area contributed by atoms with Gasteiger partial charge in [0, 0.05) is 39.4 Å². The maximum atomic E-state index is 11.4. The van der Waals surface area contributed by atoms with Crippen molar-refractivity contribution in [1.29, 1.82) is 0 Å². The summed E-state index contributed by atoms with van der Waals surface area (Å²) in [6, 6.07) is 4.34. The predicted molar refractivity (Wildman–Crippen MR) is 83.1 cm³/mol. The number of fused-ring (bicyclic) bond motifs is 1. The first-order chi connectivity index (χ1) is 9.58. The molecule has 20 heavy (non-hydrogen) atoms. The van der Waals surface area contributed by atoms with Crippen LogP contribution in [0, 0.1) is 0 Å². The molecule has 0 aromatic carbocycles. The Morgan fingerprint density at radius 1 is 1.45 bits per heavy atom. The number of carbonyl (C=O) groups excluding carboxylic acids is 1. The summed E-state index contributed by atoms with van der Waals surface area (Å²) in [6.45, 7) is 3.43. The van der Waals surface area contributed by atoms with Crippen molar-refractivity contribution >= 4 is 27.6 Å². The van der Waals surface area contributed by atoms with Gasteiger partial charge in [-0.2, -0.15) is 0 Å². The lowest BCUT2D eigenvalue weighted by molar-refractivity contribution is 0.217. The molecule has 2 rings (SSSR count). The van der Waals surface area contributed by atoms with Gasteiger partial charge >= 0.3 is 6.03 Å². The van der Waals surface area contributed by atoms with Gasteiger partial charge in [0.2, 0.25) is 0 Å². The largest absolute Gasteiger partial charge is 0.337 e. The van der Waals surface area contributed by atoms with Crippen LogP contribution in [0.5, 0.6) is 0 Å². The average Bonchev–Trinajstić information content (AvgIpc) is 2.90. The summed E-state index contributed by atoms with van der Waals surface area (Å²) in [5.41, 5.74) is 2.21. The quantitative estimate of drug-likeness (QED) is 0.831. The number of nitrogens with one attached hydrogen (secondary N) is 2. The standard InChI is InChI=1S/C14H20N4OS/c1-10(15-5-6-16-14(19)18(2)3)11-8-13-12(17-9-11)4-7-20-13/h4,7-10,15H,5-6H2,1-3H3,(H,16,19). The van der Waals surface area contributed by atoms with E-state index in [4.69, 9.17) is 0 Å². The van der Waals surface area contributed by atoms with Crippen LogP contribution in [0.15, 0.2) is 23.7 Å². The summed E-state index contributed by atoms with van der Waals surface area (Å²) in [5.74, 6) is 0. The summed E-state index contributed by atoms with van der Waals surface area (Å²) in [4.78, 5) is 17.3. The first-order valence-electron chi connectivity index (χ1n) is 6.59. The van der Waals surface area contributed by atoms with E-state index < -0.39 is 0 Å². The number of thiophene rings is 1. The molecule has 2 heterocycles. The monoisotopic (exact) mass is 292 g/mol. The topological polar surface area (TPSA) is 57.3 Å². The van der Waals surface area contributed by atoms with E-state index in [9.17, 15) is 4.79 Å². The van der Waals surface area contributed by atoms with E-state index in [0.717, 1.165) is 12.1 Å². The Balaban J connectivity index is 1.82. The van der Waals surface area contributed by atoms with E-state index in [0.29, 0.717) is 6.54 Å². The molecule has 1 atom stereocenters. The van der Waals surface area contributed by atoms with E-state index in [1.54, 1.807) is 25.4 Å². The van der Waals surface area contributed by atoms with Gasteiger partial charge in [0.25, 0.3) is 0 Å². The number of hydrogen-bond donors (Lipinski definition) is 2. The fourth-order valence-corrected chi connectivity index (χ4v) is 2.62. The van der Waals surface area contributed by atoms with Crippen LogP contribution in [-0.2, 0) is 0 Å². The number of rotatable bonds is 5. The molecule has 2 N–H and O–H groups in total. The summed E-state index contributed by atoms with van der Waals surface area (Å²) in [7, 11) is 3.46. The first-order valence-corrected chi connectivity index (χ1v) is 7.47. The van der Waals surface area contributed by atoms with Crippen LogP contribution in [0.3, 0.4) is 0 Å². The Kier molecular flexibility index (Phi) is 4.92. The summed E-state index contributed by atoms with van der Waals surface area (Å²) in [5, 5.41) is 8.26. The Hall–Kier alpha value is -1.66. The number of urea groups is 1. The van der Waals surface area contributed by atoms with Crippen LogP contribution < -0.4 is 10.6 Å². The van der Waals surface area contributed by atoms with E-state index >= 15 is 0 Å². The Morgan fingerprint density at radius 2 is 2.25 bits per heavy atom. The minimum Gasteiger partial charge on any atom is -0.337 e. The number of carbonyl (C=O) groups is 1. The summed E-state index contributed by atoms with van der Waals surface area (Å²) in [6.07, 6.45) is 1.91. The van der Waals surface area contributed by atoms with Gasteiger partial charge in [-0.3, -0.25) is 4.98 Å². The molecule has 2 aromatic heterocycles. The second-order valence-corrected chi connectivity index (χ2v) is 5.82. The van der Waals surface area contributed by atoms with Crippen molar-refractivity contribution in [3.63, 3.8) is 0 Å². The van der Waals surface area contributed by atoms with E-state index in [-0.39, 0.29) is 12.1 Å². The van der Waals surface area contributed by atoms with Gasteiger partial charge in [-0.05, 0) is 30.0 Å². The van der Waals surface area contributed by atoms with Gasteiger partial charge in [0.1, 0.15) is 0 Å². The van der Waals surface area contributed by atoms with Gasteiger partial charge in [-0.25, -0.2) is 4.79 Å². The minimum atomic E-state index is -0.0684. The van der Waals surface area contributed by atoms with Gasteiger partial charge in [-0.15, -0.1) is 11.3 Å². The smallest absolute Gasteiger partial charge is 0.316 e. The average molecular weight is 292 g/mol. The van der Waals surface area contributed by atoms with Crippen LogP contribution in [0.2, 0.25) is 0 Å². The zero-order valence-corrected chi connectivity index (χ0v) is 12.8. The van der Waals surface area contributed by atoms with Crippen molar-refractivity contribution in [3.8, 4) is 0 Å². The van der Waals surface area contributed by atoms with Crippen molar-refractivity contribution in [2.45, 2.75) is 13.0 Å². The van der Waals surface area contributed by atoms with Gasteiger partial charge in [0.15, 0.2) is 0 Å². The third-order valence-electron chi connectivity index (χ3n) is 3.08. The summed E-state index contributed by atoms with van der Waals surface area (Å²) < 4.78 is 1.21. The zero-order chi connectivity index (χ0) is 14.5.